The highest BCUT2D eigenvalue weighted by Gasteiger charge is 2.20. The highest BCUT2D eigenvalue weighted by molar-refractivity contribution is 5.50. The molecule has 0 aromatic heterocycles. The number of nitrogens with zero attached hydrogens (tertiary/aromatic N) is 1. The van der Waals surface area contributed by atoms with Gasteiger partial charge >= 0.3 is 0 Å². The van der Waals surface area contributed by atoms with Crippen LogP contribution in [-0.4, -0.2) is 19.6 Å². The topological polar surface area (TPSA) is 15.3 Å². The van der Waals surface area contributed by atoms with Crippen LogP contribution in [0.25, 0.3) is 0 Å². The van der Waals surface area contributed by atoms with Crippen LogP contribution in [-0.2, 0) is 0 Å². The molecule has 120 valence electrons. The molecule has 2 nitrogen and oxygen atoms in total. The van der Waals surface area contributed by atoms with Gasteiger partial charge in [-0.2, -0.15) is 0 Å². The fourth-order valence-corrected chi connectivity index (χ4v) is 2.76. The summed E-state index contributed by atoms with van der Waals surface area (Å²) in [7, 11) is 1.89. The van der Waals surface area contributed by atoms with Crippen molar-refractivity contribution in [2.24, 2.45) is 5.92 Å². The number of benzene rings is 1. The molecule has 0 amide bonds. The summed E-state index contributed by atoms with van der Waals surface area (Å²) in [6.45, 7) is 11.7. The summed E-state index contributed by atoms with van der Waals surface area (Å²) in [5.41, 5.74) is 1.73. The van der Waals surface area contributed by atoms with Gasteiger partial charge in [0, 0.05) is 18.6 Å². The molecule has 1 atom stereocenters. The molecular formula is C18H31FN2. The van der Waals surface area contributed by atoms with E-state index in [2.05, 4.69) is 37.9 Å². The summed E-state index contributed by atoms with van der Waals surface area (Å²) in [6.07, 6.45) is 2.08. The molecule has 1 rings (SSSR count). The second-order valence-electron chi connectivity index (χ2n) is 6.24. The van der Waals surface area contributed by atoms with Crippen molar-refractivity contribution in [1.82, 2.24) is 5.32 Å². The smallest absolute Gasteiger partial charge is 0.146 e. The van der Waals surface area contributed by atoms with Crippen LogP contribution in [0.15, 0.2) is 18.2 Å². The van der Waals surface area contributed by atoms with E-state index in [9.17, 15) is 4.39 Å². The molecule has 0 heterocycles. The lowest BCUT2D eigenvalue weighted by Gasteiger charge is -2.34. The molecule has 1 aromatic rings. The van der Waals surface area contributed by atoms with E-state index in [-0.39, 0.29) is 11.9 Å². The maximum absolute atomic E-state index is 14.6. The van der Waals surface area contributed by atoms with E-state index in [1.54, 1.807) is 6.07 Å². The minimum absolute atomic E-state index is 0.109. The van der Waals surface area contributed by atoms with Gasteiger partial charge in [0.2, 0.25) is 0 Å². The molecule has 0 fully saturated rings. The van der Waals surface area contributed by atoms with Gasteiger partial charge in [-0.25, -0.2) is 4.39 Å². The van der Waals surface area contributed by atoms with E-state index < -0.39 is 0 Å². The van der Waals surface area contributed by atoms with Crippen molar-refractivity contribution in [2.75, 3.05) is 18.5 Å². The third-order valence-corrected chi connectivity index (χ3v) is 4.16. The largest absolute Gasteiger partial charge is 0.366 e. The maximum Gasteiger partial charge on any atom is 0.146 e. The summed E-state index contributed by atoms with van der Waals surface area (Å²) in [5, 5.41) is 3.15. The predicted molar refractivity (Wildman–Crippen MR) is 90.4 cm³/mol. The van der Waals surface area contributed by atoms with Gasteiger partial charge in [-0.1, -0.05) is 33.8 Å². The molecule has 21 heavy (non-hydrogen) atoms. The fraction of sp³-hybridized carbons (Fsp3) is 0.667. The molecule has 3 heteroatoms. The number of rotatable bonds is 8. The lowest BCUT2D eigenvalue weighted by Crippen LogP contribution is -2.38. The van der Waals surface area contributed by atoms with Gasteiger partial charge in [-0.3, -0.25) is 0 Å². The third-order valence-electron chi connectivity index (χ3n) is 4.16. The zero-order valence-corrected chi connectivity index (χ0v) is 14.4. The van der Waals surface area contributed by atoms with Crippen molar-refractivity contribution in [3.05, 3.63) is 29.6 Å². The fourth-order valence-electron chi connectivity index (χ4n) is 2.76. The van der Waals surface area contributed by atoms with Gasteiger partial charge in [-0.15, -0.1) is 0 Å². The minimum Gasteiger partial charge on any atom is -0.366 e. The predicted octanol–water partition coefficient (Wildman–Crippen LogP) is 4.76. The minimum atomic E-state index is -0.109. The zero-order chi connectivity index (χ0) is 16.0. The lowest BCUT2D eigenvalue weighted by molar-refractivity contribution is 0.495. The van der Waals surface area contributed by atoms with Gasteiger partial charge in [0.05, 0.1) is 5.69 Å². The second kappa shape index (κ2) is 8.38. The first kappa shape index (κ1) is 18.0. The number of anilines is 1. The average Bonchev–Trinajstić information content (AvgIpc) is 2.46. The number of halogens is 1. The van der Waals surface area contributed by atoms with E-state index in [0.29, 0.717) is 12.0 Å². The number of hydrogen-bond donors (Lipinski definition) is 1. The summed E-state index contributed by atoms with van der Waals surface area (Å²) < 4.78 is 14.6. The molecular weight excluding hydrogens is 263 g/mol. The summed E-state index contributed by atoms with van der Waals surface area (Å²) in [4.78, 5) is 2.24. The quantitative estimate of drug-likeness (QED) is 0.744. The van der Waals surface area contributed by atoms with Gasteiger partial charge < -0.3 is 10.2 Å². The molecule has 0 radical (unpaired) electrons. The van der Waals surface area contributed by atoms with Crippen LogP contribution in [0.3, 0.4) is 0 Å². The van der Waals surface area contributed by atoms with Crippen LogP contribution in [0.2, 0.25) is 0 Å². The molecule has 0 spiro atoms. The van der Waals surface area contributed by atoms with Crippen molar-refractivity contribution in [1.29, 1.82) is 0 Å². The Hall–Kier alpha value is -1.09. The highest BCUT2D eigenvalue weighted by atomic mass is 19.1. The summed E-state index contributed by atoms with van der Waals surface area (Å²) in [6, 6.07) is 6.22. The van der Waals surface area contributed by atoms with Crippen LogP contribution in [0.1, 0.15) is 59.1 Å². The Labute approximate surface area is 129 Å². The van der Waals surface area contributed by atoms with Crippen LogP contribution < -0.4 is 10.2 Å². The van der Waals surface area contributed by atoms with Crippen molar-refractivity contribution < 1.29 is 4.39 Å². The van der Waals surface area contributed by atoms with Gasteiger partial charge in [-0.05, 0) is 50.4 Å². The normalized spacial score (nSPS) is 13.0. The molecule has 0 aliphatic rings. The zero-order valence-electron chi connectivity index (χ0n) is 14.4. The van der Waals surface area contributed by atoms with Gasteiger partial charge in [0.15, 0.2) is 0 Å². The molecule has 0 saturated heterocycles. The summed E-state index contributed by atoms with van der Waals surface area (Å²) in [5.74, 6) is 0.406. The Kier molecular flexibility index (Phi) is 7.16. The average molecular weight is 294 g/mol. The molecule has 0 aliphatic heterocycles. The van der Waals surface area contributed by atoms with Crippen molar-refractivity contribution in [3.8, 4) is 0 Å². The van der Waals surface area contributed by atoms with Crippen LogP contribution in [0.4, 0.5) is 10.1 Å². The maximum atomic E-state index is 14.6. The van der Waals surface area contributed by atoms with E-state index in [1.807, 2.05) is 26.1 Å². The molecule has 1 unspecified atom stereocenters. The first-order valence-electron chi connectivity index (χ1n) is 8.17. The Morgan fingerprint density at radius 1 is 1.14 bits per heavy atom. The SMILES string of the molecule is CCC(CC)N(CC(C)C)c1ccc(C(C)NC)cc1F. The van der Waals surface area contributed by atoms with Crippen molar-refractivity contribution in [2.45, 2.75) is 59.5 Å². The van der Waals surface area contributed by atoms with Crippen molar-refractivity contribution >= 4 is 5.69 Å². The monoisotopic (exact) mass is 294 g/mol. The van der Waals surface area contributed by atoms with E-state index in [0.717, 1.165) is 30.6 Å². The van der Waals surface area contributed by atoms with Crippen molar-refractivity contribution in [3.63, 3.8) is 0 Å². The van der Waals surface area contributed by atoms with Gasteiger partial charge in [0.25, 0.3) is 0 Å². The summed E-state index contributed by atoms with van der Waals surface area (Å²) >= 11 is 0. The molecule has 1 aromatic carbocycles. The molecule has 0 bridgehead atoms. The van der Waals surface area contributed by atoms with E-state index in [1.165, 1.54) is 0 Å². The van der Waals surface area contributed by atoms with Crippen LogP contribution >= 0.6 is 0 Å². The Morgan fingerprint density at radius 2 is 1.76 bits per heavy atom. The third kappa shape index (κ3) is 4.70. The Bertz CT molecular complexity index is 427. The Morgan fingerprint density at radius 3 is 2.19 bits per heavy atom. The second-order valence-corrected chi connectivity index (χ2v) is 6.24. The first-order valence-corrected chi connectivity index (χ1v) is 8.17. The molecule has 1 N–H and O–H groups in total. The highest BCUT2D eigenvalue weighted by Crippen LogP contribution is 2.27. The van der Waals surface area contributed by atoms with E-state index >= 15 is 0 Å². The standard InChI is InChI=1S/C18H31FN2/c1-7-16(8-2)21(12-13(3)4)18-10-9-15(11-17(18)19)14(5)20-6/h9-11,13-14,16,20H,7-8,12H2,1-6H3. The van der Waals surface area contributed by atoms with E-state index in [4.69, 9.17) is 0 Å². The number of hydrogen-bond acceptors (Lipinski definition) is 2. The molecule has 0 aliphatic carbocycles. The first-order chi connectivity index (χ1) is 9.94. The molecule has 0 saturated carbocycles. The van der Waals surface area contributed by atoms with Gasteiger partial charge in [0.1, 0.15) is 5.82 Å². The lowest BCUT2D eigenvalue weighted by atomic mass is 10.0. The van der Waals surface area contributed by atoms with Crippen LogP contribution in [0.5, 0.6) is 0 Å². The Balaban J connectivity index is 3.12. The van der Waals surface area contributed by atoms with Crippen LogP contribution in [0, 0.1) is 11.7 Å². The number of nitrogens with one attached hydrogen (secondary N) is 1.